The minimum absolute atomic E-state index is 0.217. The van der Waals surface area contributed by atoms with E-state index in [-0.39, 0.29) is 11.7 Å². The molecule has 2 N–H and O–H groups in total. The predicted octanol–water partition coefficient (Wildman–Crippen LogP) is 0.231. The van der Waals surface area contributed by atoms with E-state index in [1.54, 1.807) is 24.4 Å². The maximum Gasteiger partial charge on any atom is 0.316 e. The fourth-order valence-electron chi connectivity index (χ4n) is 0.923. The van der Waals surface area contributed by atoms with Crippen LogP contribution < -0.4 is 5.73 Å². The third-order valence-corrected chi connectivity index (χ3v) is 1.53. The van der Waals surface area contributed by atoms with E-state index in [2.05, 4.69) is 19.6 Å². The van der Waals surface area contributed by atoms with Crippen molar-refractivity contribution < 1.29 is 9.32 Å². The summed E-state index contributed by atoms with van der Waals surface area (Å²) in [6.07, 6.45) is 1.59. The first-order valence-electron chi connectivity index (χ1n) is 3.82. The Balaban J connectivity index is 2.39. The summed E-state index contributed by atoms with van der Waals surface area (Å²) >= 11 is 0. The molecule has 2 rings (SSSR count). The topological polar surface area (TPSA) is 94.9 Å². The maximum absolute atomic E-state index is 10.7. The van der Waals surface area contributed by atoms with Gasteiger partial charge in [-0.1, -0.05) is 11.2 Å². The second-order valence-electron chi connectivity index (χ2n) is 2.50. The van der Waals surface area contributed by atoms with Crippen molar-refractivity contribution in [2.75, 3.05) is 0 Å². The Kier molecular flexibility index (Phi) is 1.94. The van der Waals surface area contributed by atoms with Gasteiger partial charge in [0.05, 0.1) is 0 Å². The van der Waals surface area contributed by atoms with Crippen LogP contribution in [0, 0.1) is 0 Å². The van der Waals surface area contributed by atoms with Crippen molar-refractivity contribution in [1.29, 1.82) is 0 Å². The zero-order chi connectivity index (χ0) is 9.97. The number of carbonyl (C=O) groups excluding carboxylic acids is 1. The van der Waals surface area contributed by atoms with Gasteiger partial charge in [-0.15, -0.1) is 0 Å². The van der Waals surface area contributed by atoms with Gasteiger partial charge in [-0.3, -0.25) is 9.78 Å². The third kappa shape index (κ3) is 1.45. The summed E-state index contributed by atoms with van der Waals surface area (Å²) in [5, 5.41) is 3.56. The first-order valence-corrected chi connectivity index (χ1v) is 3.82. The number of amides is 1. The van der Waals surface area contributed by atoms with Crippen LogP contribution in [-0.2, 0) is 0 Å². The molecular weight excluding hydrogens is 184 g/mol. The van der Waals surface area contributed by atoms with Gasteiger partial charge in [-0.25, -0.2) is 0 Å². The van der Waals surface area contributed by atoms with Crippen LogP contribution in [0.4, 0.5) is 0 Å². The first kappa shape index (κ1) is 8.36. The quantitative estimate of drug-likeness (QED) is 0.731. The highest BCUT2D eigenvalue weighted by Crippen LogP contribution is 2.10. The molecular formula is C8H6N4O2. The number of pyridine rings is 1. The van der Waals surface area contributed by atoms with Crippen molar-refractivity contribution in [3.8, 4) is 11.5 Å². The largest absolute Gasteiger partial charge is 0.361 e. The van der Waals surface area contributed by atoms with Gasteiger partial charge < -0.3 is 10.3 Å². The van der Waals surface area contributed by atoms with Gasteiger partial charge in [0.2, 0.25) is 5.82 Å². The van der Waals surface area contributed by atoms with Crippen LogP contribution in [0.5, 0.6) is 0 Å². The minimum Gasteiger partial charge on any atom is -0.361 e. The predicted molar refractivity (Wildman–Crippen MR) is 46.0 cm³/mol. The van der Waals surface area contributed by atoms with Crippen LogP contribution in [0.1, 0.15) is 10.7 Å². The lowest BCUT2D eigenvalue weighted by atomic mass is 10.3. The number of primary amides is 1. The lowest BCUT2D eigenvalue weighted by Crippen LogP contribution is -2.11. The molecule has 1 amide bonds. The molecule has 70 valence electrons. The van der Waals surface area contributed by atoms with Crippen LogP contribution in [0.25, 0.3) is 11.5 Å². The number of nitrogens with two attached hydrogens (primary N) is 1. The second kappa shape index (κ2) is 3.25. The van der Waals surface area contributed by atoms with E-state index < -0.39 is 5.91 Å². The van der Waals surface area contributed by atoms with Crippen LogP contribution in [-0.4, -0.2) is 21.0 Å². The smallest absolute Gasteiger partial charge is 0.316 e. The molecule has 0 unspecified atom stereocenters. The molecule has 6 nitrogen and oxygen atoms in total. The van der Waals surface area contributed by atoms with Gasteiger partial charge in [0.15, 0.2) is 0 Å². The molecule has 0 bridgehead atoms. The van der Waals surface area contributed by atoms with Crippen molar-refractivity contribution in [3.63, 3.8) is 0 Å². The average Bonchev–Trinajstić information content (AvgIpc) is 2.68. The van der Waals surface area contributed by atoms with Crippen LogP contribution in [0.2, 0.25) is 0 Å². The van der Waals surface area contributed by atoms with Gasteiger partial charge in [0, 0.05) is 6.20 Å². The summed E-state index contributed by atoms with van der Waals surface area (Å²) in [5.41, 5.74) is 5.48. The highest BCUT2D eigenvalue weighted by molar-refractivity contribution is 5.88. The average molecular weight is 190 g/mol. The van der Waals surface area contributed by atoms with Crippen molar-refractivity contribution >= 4 is 5.91 Å². The number of hydrogen-bond acceptors (Lipinski definition) is 5. The molecule has 0 radical (unpaired) electrons. The van der Waals surface area contributed by atoms with Gasteiger partial charge in [-0.2, -0.15) is 4.98 Å². The minimum atomic E-state index is -0.750. The normalized spacial score (nSPS) is 10.0. The Morgan fingerprint density at radius 2 is 2.29 bits per heavy atom. The summed E-state index contributed by atoms with van der Waals surface area (Å²) in [7, 11) is 0. The van der Waals surface area contributed by atoms with E-state index in [1.165, 1.54) is 0 Å². The SMILES string of the molecule is NC(=O)c1nc(-c2ccccn2)no1. The molecule has 2 aromatic rings. The first-order chi connectivity index (χ1) is 6.77. The fourth-order valence-corrected chi connectivity index (χ4v) is 0.923. The van der Waals surface area contributed by atoms with Crippen molar-refractivity contribution in [2.45, 2.75) is 0 Å². The zero-order valence-corrected chi connectivity index (χ0v) is 7.04. The molecule has 0 aliphatic rings. The third-order valence-electron chi connectivity index (χ3n) is 1.53. The van der Waals surface area contributed by atoms with E-state index in [0.717, 1.165) is 0 Å². The highest BCUT2D eigenvalue weighted by atomic mass is 16.5. The van der Waals surface area contributed by atoms with Crippen molar-refractivity contribution in [1.82, 2.24) is 15.1 Å². The number of nitrogens with zero attached hydrogens (tertiary/aromatic N) is 3. The Morgan fingerprint density at radius 1 is 1.43 bits per heavy atom. The summed E-state index contributed by atoms with van der Waals surface area (Å²) in [6, 6.07) is 5.25. The number of rotatable bonds is 2. The molecule has 0 aromatic carbocycles. The highest BCUT2D eigenvalue weighted by Gasteiger charge is 2.12. The van der Waals surface area contributed by atoms with Crippen molar-refractivity contribution in [3.05, 3.63) is 30.3 Å². The van der Waals surface area contributed by atoms with Crippen LogP contribution in [0.15, 0.2) is 28.9 Å². The molecule has 0 spiro atoms. The Hall–Kier alpha value is -2.24. The Bertz CT molecular complexity index is 451. The number of aromatic nitrogens is 3. The van der Waals surface area contributed by atoms with Gasteiger partial charge >= 0.3 is 11.8 Å². The van der Waals surface area contributed by atoms with Gasteiger partial charge in [0.1, 0.15) is 5.69 Å². The summed E-state index contributed by atoms with van der Waals surface area (Å²) in [6.45, 7) is 0. The molecule has 14 heavy (non-hydrogen) atoms. The van der Waals surface area contributed by atoms with E-state index in [0.29, 0.717) is 5.69 Å². The van der Waals surface area contributed by atoms with Gasteiger partial charge in [-0.05, 0) is 12.1 Å². The molecule has 2 aromatic heterocycles. The molecule has 0 fully saturated rings. The van der Waals surface area contributed by atoms with Gasteiger partial charge in [0.25, 0.3) is 0 Å². The lowest BCUT2D eigenvalue weighted by Gasteiger charge is -1.88. The Labute approximate surface area is 78.8 Å². The molecule has 0 saturated carbocycles. The standard InChI is InChI=1S/C8H6N4O2/c9-6(13)8-11-7(12-14-8)5-3-1-2-4-10-5/h1-4H,(H2,9,13). The van der Waals surface area contributed by atoms with Crippen molar-refractivity contribution in [2.24, 2.45) is 5.73 Å². The number of carbonyl (C=O) groups is 1. The van der Waals surface area contributed by atoms with Crippen LogP contribution in [0.3, 0.4) is 0 Å². The molecule has 0 aliphatic heterocycles. The molecule has 0 saturated heterocycles. The molecule has 0 atom stereocenters. The summed E-state index contributed by atoms with van der Waals surface area (Å²) < 4.78 is 4.60. The summed E-state index contributed by atoms with van der Waals surface area (Å²) in [4.78, 5) is 18.4. The Morgan fingerprint density at radius 3 is 2.86 bits per heavy atom. The van der Waals surface area contributed by atoms with E-state index in [9.17, 15) is 4.79 Å². The van der Waals surface area contributed by atoms with Crippen LogP contribution >= 0.6 is 0 Å². The molecule has 2 heterocycles. The number of hydrogen-bond donors (Lipinski definition) is 1. The molecule has 6 heteroatoms. The van der Waals surface area contributed by atoms with E-state index >= 15 is 0 Å². The molecule has 0 aliphatic carbocycles. The lowest BCUT2D eigenvalue weighted by molar-refractivity contribution is 0.0958. The zero-order valence-electron chi connectivity index (χ0n) is 7.04. The van der Waals surface area contributed by atoms with E-state index in [1.807, 2.05) is 0 Å². The maximum atomic E-state index is 10.7. The van der Waals surface area contributed by atoms with E-state index in [4.69, 9.17) is 5.73 Å². The summed E-state index contributed by atoms with van der Waals surface area (Å²) in [5.74, 6) is -0.718. The second-order valence-corrected chi connectivity index (χ2v) is 2.50. The monoisotopic (exact) mass is 190 g/mol. The fraction of sp³-hybridized carbons (Fsp3) is 0.